The number of rotatable bonds is 4. The van der Waals surface area contributed by atoms with Gasteiger partial charge in [0.15, 0.2) is 0 Å². The van der Waals surface area contributed by atoms with Gasteiger partial charge in [0, 0.05) is 12.1 Å². The summed E-state index contributed by atoms with van der Waals surface area (Å²) >= 11 is 0. The van der Waals surface area contributed by atoms with Crippen LogP contribution in [0.4, 0.5) is 0 Å². The first-order valence-corrected chi connectivity index (χ1v) is 6.07. The fourth-order valence-corrected chi connectivity index (χ4v) is 2.54. The van der Waals surface area contributed by atoms with Crippen LogP contribution in [0.1, 0.15) is 39.5 Å². The van der Waals surface area contributed by atoms with Crippen molar-refractivity contribution in [1.82, 2.24) is 10.2 Å². The van der Waals surface area contributed by atoms with E-state index >= 15 is 0 Å². The van der Waals surface area contributed by atoms with Crippen molar-refractivity contribution in [2.75, 3.05) is 14.1 Å². The molecule has 0 aromatic rings. The topological polar surface area (TPSA) is 52.6 Å². The quantitative estimate of drug-likeness (QED) is 0.762. The van der Waals surface area contributed by atoms with Crippen LogP contribution < -0.4 is 5.32 Å². The Hall–Kier alpha value is -0.610. The third kappa shape index (κ3) is 2.55. The highest BCUT2D eigenvalue weighted by Crippen LogP contribution is 2.31. The summed E-state index contributed by atoms with van der Waals surface area (Å²) in [6, 6.07) is 0.837. The van der Waals surface area contributed by atoms with Crippen molar-refractivity contribution < 1.29 is 9.90 Å². The molecular formula is C12H24N2O2. The van der Waals surface area contributed by atoms with Gasteiger partial charge < -0.3 is 15.3 Å². The van der Waals surface area contributed by atoms with Gasteiger partial charge in [-0.3, -0.25) is 4.79 Å². The number of hydrogen-bond donors (Lipinski definition) is 2. The van der Waals surface area contributed by atoms with Gasteiger partial charge in [-0.2, -0.15) is 0 Å². The monoisotopic (exact) mass is 228 g/mol. The lowest BCUT2D eigenvalue weighted by molar-refractivity contribution is -0.147. The van der Waals surface area contributed by atoms with Crippen LogP contribution >= 0.6 is 0 Å². The molecule has 94 valence electrons. The molecule has 0 aromatic carbocycles. The van der Waals surface area contributed by atoms with Crippen LogP contribution in [0.25, 0.3) is 0 Å². The number of carboxylic acid groups (broad SMARTS) is 1. The number of nitrogens with one attached hydrogen (secondary N) is 1. The zero-order valence-electron chi connectivity index (χ0n) is 10.8. The van der Waals surface area contributed by atoms with Gasteiger partial charge >= 0.3 is 5.97 Å². The lowest BCUT2D eigenvalue weighted by atomic mass is 9.78. The Labute approximate surface area is 98.0 Å². The Morgan fingerprint density at radius 3 is 2.62 bits per heavy atom. The van der Waals surface area contributed by atoms with Gasteiger partial charge in [0.25, 0.3) is 0 Å². The Morgan fingerprint density at radius 1 is 1.56 bits per heavy atom. The van der Waals surface area contributed by atoms with Crippen molar-refractivity contribution in [2.24, 2.45) is 0 Å². The molecule has 0 heterocycles. The number of nitrogens with zero attached hydrogens (tertiary/aromatic N) is 1. The average molecular weight is 228 g/mol. The molecule has 0 aromatic heterocycles. The molecular weight excluding hydrogens is 204 g/mol. The lowest BCUT2D eigenvalue weighted by Crippen LogP contribution is -2.57. The maximum Gasteiger partial charge on any atom is 0.323 e. The Morgan fingerprint density at radius 2 is 2.19 bits per heavy atom. The summed E-state index contributed by atoms with van der Waals surface area (Å²) in [6.07, 6.45) is 3.52. The van der Waals surface area contributed by atoms with E-state index in [1.165, 1.54) is 0 Å². The molecule has 2 N–H and O–H groups in total. The molecule has 0 bridgehead atoms. The van der Waals surface area contributed by atoms with E-state index < -0.39 is 11.5 Å². The minimum atomic E-state index is -0.716. The zero-order chi connectivity index (χ0) is 12.3. The van der Waals surface area contributed by atoms with Crippen LogP contribution in [0.5, 0.6) is 0 Å². The van der Waals surface area contributed by atoms with Crippen LogP contribution in [0.2, 0.25) is 0 Å². The smallest absolute Gasteiger partial charge is 0.323 e. The van der Waals surface area contributed by atoms with Gasteiger partial charge in [-0.05, 0) is 53.6 Å². The molecule has 0 amide bonds. The summed E-state index contributed by atoms with van der Waals surface area (Å²) in [7, 11) is 3.84. The van der Waals surface area contributed by atoms with Gasteiger partial charge in [0.1, 0.15) is 5.54 Å². The maximum atomic E-state index is 11.4. The molecule has 0 spiro atoms. The van der Waals surface area contributed by atoms with Crippen molar-refractivity contribution in [3.05, 3.63) is 0 Å². The fraction of sp³-hybridized carbons (Fsp3) is 0.917. The number of hydrogen-bond acceptors (Lipinski definition) is 3. The van der Waals surface area contributed by atoms with Crippen LogP contribution in [0.15, 0.2) is 0 Å². The second kappa shape index (κ2) is 5.15. The van der Waals surface area contributed by atoms with E-state index in [4.69, 9.17) is 0 Å². The van der Waals surface area contributed by atoms with Crippen molar-refractivity contribution in [3.8, 4) is 0 Å². The average Bonchev–Trinajstić information content (AvgIpc) is 2.27. The first kappa shape index (κ1) is 13.5. The van der Waals surface area contributed by atoms with E-state index in [1.54, 1.807) is 7.05 Å². The minimum absolute atomic E-state index is 0.373. The van der Waals surface area contributed by atoms with E-state index in [9.17, 15) is 9.90 Å². The normalized spacial score (nSPS) is 31.0. The summed E-state index contributed by atoms with van der Waals surface area (Å²) < 4.78 is 0. The molecule has 1 fully saturated rings. The Bertz CT molecular complexity index is 255. The predicted molar refractivity (Wildman–Crippen MR) is 64.6 cm³/mol. The second-order valence-corrected chi connectivity index (χ2v) is 5.15. The molecule has 1 saturated carbocycles. The molecule has 0 aliphatic heterocycles. The van der Waals surface area contributed by atoms with E-state index in [-0.39, 0.29) is 0 Å². The molecule has 2 unspecified atom stereocenters. The SMILES string of the molecule is CNC1(C(=O)O)CCCC(N(C)C(C)C)C1. The van der Waals surface area contributed by atoms with Gasteiger partial charge in [0.2, 0.25) is 0 Å². The summed E-state index contributed by atoms with van der Waals surface area (Å²) in [6.45, 7) is 4.30. The highest BCUT2D eigenvalue weighted by atomic mass is 16.4. The molecule has 0 saturated heterocycles. The van der Waals surface area contributed by atoms with E-state index in [0.29, 0.717) is 18.5 Å². The number of aliphatic carboxylic acids is 1. The van der Waals surface area contributed by atoms with Crippen molar-refractivity contribution in [1.29, 1.82) is 0 Å². The standard InChI is InChI=1S/C12H24N2O2/c1-9(2)14(4)10-6-5-7-12(8-10,13-3)11(15)16/h9-10,13H,5-8H2,1-4H3,(H,15,16). The van der Waals surface area contributed by atoms with Crippen LogP contribution in [-0.4, -0.2) is 47.7 Å². The molecule has 1 aliphatic rings. The van der Waals surface area contributed by atoms with Crippen molar-refractivity contribution >= 4 is 5.97 Å². The first-order valence-electron chi connectivity index (χ1n) is 6.07. The second-order valence-electron chi connectivity index (χ2n) is 5.15. The molecule has 1 aliphatic carbocycles. The van der Waals surface area contributed by atoms with Gasteiger partial charge in [0.05, 0.1) is 0 Å². The molecule has 0 radical (unpaired) electrons. The summed E-state index contributed by atoms with van der Waals surface area (Å²) in [5, 5.41) is 12.4. The predicted octanol–water partition coefficient (Wildman–Crippen LogP) is 1.31. The van der Waals surface area contributed by atoms with Crippen LogP contribution in [0, 0.1) is 0 Å². The molecule has 4 heteroatoms. The third-order valence-electron chi connectivity index (χ3n) is 4.00. The van der Waals surface area contributed by atoms with Gasteiger partial charge in [-0.15, -0.1) is 0 Å². The molecule has 2 atom stereocenters. The lowest BCUT2D eigenvalue weighted by Gasteiger charge is -2.42. The largest absolute Gasteiger partial charge is 0.480 e. The third-order valence-corrected chi connectivity index (χ3v) is 4.00. The molecule has 1 rings (SSSR count). The van der Waals surface area contributed by atoms with Crippen LogP contribution in [0.3, 0.4) is 0 Å². The first-order chi connectivity index (χ1) is 7.43. The number of carboxylic acids is 1. The highest BCUT2D eigenvalue weighted by Gasteiger charge is 2.42. The summed E-state index contributed by atoms with van der Waals surface area (Å²) in [5.41, 5.74) is -0.716. The molecule has 4 nitrogen and oxygen atoms in total. The maximum absolute atomic E-state index is 11.4. The van der Waals surface area contributed by atoms with Gasteiger partial charge in [-0.25, -0.2) is 0 Å². The van der Waals surface area contributed by atoms with E-state index in [1.807, 2.05) is 0 Å². The van der Waals surface area contributed by atoms with Gasteiger partial charge in [-0.1, -0.05) is 0 Å². The fourth-order valence-electron chi connectivity index (χ4n) is 2.54. The van der Waals surface area contributed by atoms with Crippen molar-refractivity contribution in [2.45, 2.75) is 57.2 Å². The summed E-state index contributed by atoms with van der Waals surface area (Å²) in [5.74, 6) is -0.711. The van der Waals surface area contributed by atoms with Crippen LogP contribution in [-0.2, 0) is 4.79 Å². The summed E-state index contributed by atoms with van der Waals surface area (Å²) in [4.78, 5) is 13.7. The highest BCUT2D eigenvalue weighted by molar-refractivity contribution is 5.79. The molecule has 16 heavy (non-hydrogen) atoms. The Balaban J connectivity index is 2.76. The zero-order valence-corrected chi connectivity index (χ0v) is 10.8. The van der Waals surface area contributed by atoms with Crippen molar-refractivity contribution in [3.63, 3.8) is 0 Å². The Kier molecular flexibility index (Phi) is 4.33. The number of carbonyl (C=O) groups is 1. The van der Waals surface area contributed by atoms with E-state index in [2.05, 4.69) is 31.1 Å². The minimum Gasteiger partial charge on any atom is -0.480 e. The number of likely N-dealkylation sites (N-methyl/N-ethyl adjacent to an activating group) is 1. The van der Waals surface area contributed by atoms with E-state index in [0.717, 1.165) is 19.3 Å².